The van der Waals surface area contributed by atoms with Gasteiger partial charge in [-0.15, -0.1) is 0 Å². The van der Waals surface area contributed by atoms with E-state index in [4.69, 9.17) is 4.74 Å². The summed E-state index contributed by atoms with van der Waals surface area (Å²) in [5, 5.41) is 0. The molecule has 4 heteroatoms. The number of Topliss-reactive ketones (excluding diaryl/α,β-unsaturated/α-hetero) is 1. The summed E-state index contributed by atoms with van der Waals surface area (Å²) in [6.45, 7) is 4.92. The van der Waals surface area contributed by atoms with Gasteiger partial charge < -0.3 is 9.64 Å². The molecule has 1 heterocycles. The van der Waals surface area contributed by atoms with E-state index < -0.39 is 0 Å². The summed E-state index contributed by atoms with van der Waals surface area (Å²) in [6, 6.07) is -0.0135. The van der Waals surface area contributed by atoms with E-state index in [1.807, 2.05) is 6.92 Å². The number of nitrogens with zero attached hydrogens (tertiary/aromatic N) is 1. The van der Waals surface area contributed by atoms with Gasteiger partial charge in [0.2, 0.25) is 0 Å². The Labute approximate surface area is 90.6 Å². The maximum Gasteiger partial charge on any atom is 0.410 e. The SMILES string of the molecule is CCCCOC(=O)N1CCC(=O)C[C@@H]1C. The van der Waals surface area contributed by atoms with Crippen LogP contribution in [0.5, 0.6) is 0 Å². The van der Waals surface area contributed by atoms with Gasteiger partial charge in [0.1, 0.15) is 5.78 Å². The molecule has 1 rings (SSSR count). The van der Waals surface area contributed by atoms with Crippen molar-refractivity contribution >= 4 is 11.9 Å². The summed E-state index contributed by atoms with van der Waals surface area (Å²) < 4.78 is 5.10. The highest BCUT2D eigenvalue weighted by atomic mass is 16.6. The standard InChI is InChI=1S/C11H19NO3/c1-3-4-7-15-11(14)12-6-5-10(13)8-9(12)2/h9H,3-8H2,1-2H3/t9-/m0/s1. The van der Waals surface area contributed by atoms with Crippen LogP contribution in [0.4, 0.5) is 4.79 Å². The fourth-order valence-corrected chi connectivity index (χ4v) is 1.67. The molecule has 0 saturated carbocycles. The van der Waals surface area contributed by atoms with Crippen molar-refractivity contribution in [2.75, 3.05) is 13.2 Å². The summed E-state index contributed by atoms with van der Waals surface area (Å²) in [5.41, 5.74) is 0. The van der Waals surface area contributed by atoms with E-state index >= 15 is 0 Å². The Kier molecular flexibility index (Phi) is 4.59. The van der Waals surface area contributed by atoms with Gasteiger partial charge in [0.15, 0.2) is 0 Å². The summed E-state index contributed by atoms with van der Waals surface area (Å²) in [5.74, 6) is 0.236. The maximum absolute atomic E-state index is 11.6. The molecule has 0 aromatic carbocycles. The molecule has 0 N–H and O–H groups in total. The summed E-state index contributed by atoms with van der Waals surface area (Å²) in [4.78, 5) is 24.4. The van der Waals surface area contributed by atoms with Gasteiger partial charge in [-0.2, -0.15) is 0 Å². The highest BCUT2D eigenvalue weighted by Gasteiger charge is 2.28. The molecule has 86 valence electrons. The second-order valence-electron chi connectivity index (χ2n) is 4.00. The molecule has 1 aliphatic heterocycles. The first-order valence-electron chi connectivity index (χ1n) is 5.60. The molecule has 0 unspecified atom stereocenters. The Morgan fingerprint density at radius 3 is 2.93 bits per heavy atom. The van der Waals surface area contributed by atoms with Gasteiger partial charge in [-0.05, 0) is 13.3 Å². The van der Waals surface area contributed by atoms with Crippen molar-refractivity contribution in [1.29, 1.82) is 0 Å². The average Bonchev–Trinajstić information content (AvgIpc) is 2.17. The lowest BCUT2D eigenvalue weighted by Crippen LogP contribution is -2.45. The predicted octanol–water partition coefficient (Wildman–Crippen LogP) is 1.98. The number of carbonyl (C=O) groups is 2. The Bertz CT molecular complexity index is 240. The Hall–Kier alpha value is -1.06. The molecular formula is C11H19NO3. The fraction of sp³-hybridized carbons (Fsp3) is 0.818. The normalized spacial score (nSPS) is 21.6. The number of hydrogen-bond acceptors (Lipinski definition) is 3. The topological polar surface area (TPSA) is 46.6 Å². The predicted molar refractivity (Wildman–Crippen MR) is 56.7 cm³/mol. The smallest absolute Gasteiger partial charge is 0.410 e. The van der Waals surface area contributed by atoms with Gasteiger partial charge in [-0.1, -0.05) is 13.3 Å². The van der Waals surface area contributed by atoms with E-state index in [1.165, 1.54) is 0 Å². The van der Waals surface area contributed by atoms with Crippen LogP contribution in [0.2, 0.25) is 0 Å². The van der Waals surface area contributed by atoms with Crippen LogP contribution in [0.3, 0.4) is 0 Å². The summed E-state index contributed by atoms with van der Waals surface area (Å²) in [7, 11) is 0. The highest BCUT2D eigenvalue weighted by molar-refractivity contribution is 5.82. The molecule has 1 saturated heterocycles. The van der Waals surface area contributed by atoms with Crippen molar-refractivity contribution in [3.8, 4) is 0 Å². The molecule has 0 aliphatic carbocycles. The fourth-order valence-electron chi connectivity index (χ4n) is 1.67. The van der Waals surface area contributed by atoms with E-state index in [2.05, 4.69) is 6.92 Å². The lowest BCUT2D eigenvalue weighted by atomic mass is 10.0. The van der Waals surface area contributed by atoms with Crippen LogP contribution in [0.25, 0.3) is 0 Å². The summed E-state index contributed by atoms with van der Waals surface area (Å²) in [6.07, 6.45) is 2.56. The van der Waals surface area contributed by atoms with Gasteiger partial charge in [-0.3, -0.25) is 4.79 Å². The van der Waals surface area contributed by atoms with E-state index in [1.54, 1.807) is 4.90 Å². The molecule has 1 fully saturated rings. The second kappa shape index (κ2) is 5.73. The zero-order valence-corrected chi connectivity index (χ0v) is 9.49. The third-order valence-corrected chi connectivity index (χ3v) is 2.64. The van der Waals surface area contributed by atoms with Gasteiger partial charge >= 0.3 is 6.09 Å². The van der Waals surface area contributed by atoms with Crippen LogP contribution in [0.1, 0.15) is 39.5 Å². The number of amides is 1. The molecule has 4 nitrogen and oxygen atoms in total. The molecule has 1 aliphatic rings. The Balaban J connectivity index is 2.35. The molecule has 15 heavy (non-hydrogen) atoms. The van der Waals surface area contributed by atoms with E-state index in [0.717, 1.165) is 12.8 Å². The number of unbranched alkanes of at least 4 members (excludes halogenated alkanes) is 1. The van der Waals surface area contributed by atoms with Crippen LogP contribution < -0.4 is 0 Å². The van der Waals surface area contributed by atoms with Crippen molar-refractivity contribution in [3.05, 3.63) is 0 Å². The van der Waals surface area contributed by atoms with Gasteiger partial charge in [0.25, 0.3) is 0 Å². The van der Waals surface area contributed by atoms with Crippen LogP contribution >= 0.6 is 0 Å². The monoisotopic (exact) mass is 213 g/mol. The van der Waals surface area contributed by atoms with Gasteiger partial charge in [-0.25, -0.2) is 4.79 Å². The first-order valence-corrected chi connectivity index (χ1v) is 5.60. The lowest BCUT2D eigenvalue weighted by molar-refractivity contribution is -0.122. The van der Waals surface area contributed by atoms with Crippen molar-refractivity contribution in [1.82, 2.24) is 4.90 Å². The number of rotatable bonds is 3. The van der Waals surface area contributed by atoms with Crippen LogP contribution in [0, 0.1) is 0 Å². The minimum Gasteiger partial charge on any atom is -0.449 e. The minimum absolute atomic E-state index is 0.0135. The molecule has 0 spiro atoms. The molecule has 0 aromatic rings. The maximum atomic E-state index is 11.6. The van der Waals surface area contributed by atoms with Gasteiger partial charge in [0.05, 0.1) is 6.61 Å². The molecular weight excluding hydrogens is 194 g/mol. The molecule has 0 radical (unpaired) electrons. The van der Waals surface area contributed by atoms with Crippen molar-refractivity contribution in [3.63, 3.8) is 0 Å². The zero-order valence-electron chi connectivity index (χ0n) is 9.49. The first-order chi connectivity index (χ1) is 7.15. The van der Waals surface area contributed by atoms with Gasteiger partial charge in [0, 0.05) is 25.4 Å². The van der Waals surface area contributed by atoms with E-state index in [9.17, 15) is 9.59 Å². The third kappa shape index (κ3) is 3.53. The van der Waals surface area contributed by atoms with Crippen molar-refractivity contribution < 1.29 is 14.3 Å². The molecule has 0 bridgehead atoms. The molecule has 1 atom stereocenters. The Morgan fingerprint density at radius 1 is 1.60 bits per heavy atom. The Morgan fingerprint density at radius 2 is 2.33 bits per heavy atom. The van der Waals surface area contributed by atoms with Crippen molar-refractivity contribution in [2.45, 2.75) is 45.6 Å². The van der Waals surface area contributed by atoms with E-state index in [0.29, 0.717) is 26.0 Å². The number of ketones is 1. The van der Waals surface area contributed by atoms with Crippen LogP contribution in [-0.2, 0) is 9.53 Å². The minimum atomic E-state index is -0.275. The average molecular weight is 213 g/mol. The summed E-state index contributed by atoms with van der Waals surface area (Å²) >= 11 is 0. The quantitative estimate of drug-likeness (QED) is 0.673. The van der Waals surface area contributed by atoms with E-state index in [-0.39, 0.29) is 17.9 Å². The van der Waals surface area contributed by atoms with Crippen molar-refractivity contribution in [2.24, 2.45) is 0 Å². The third-order valence-electron chi connectivity index (χ3n) is 2.64. The number of ether oxygens (including phenoxy) is 1. The lowest BCUT2D eigenvalue weighted by Gasteiger charge is -2.31. The number of piperidine rings is 1. The van der Waals surface area contributed by atoms with Crippen LogP contribution in [-0.4, -0.2) is 36.0 Å². The van der Waals surface area contributed by atoms with Crippen LogP contribution in [0.15, 0.2) is 0 Å². The number of likely N-dealkylation sites (tertiary alicyclic amines) is 1. The molecule has 0 aromatic heterocycles. The number of carbonyl (C=O) groups excluding carboxylic acids is 2. The zero-order chi connectivity index (χ0) is 11.3. The number of hydrogen-bond donors (Lipinski definition) is 0. The molecule has 1 amide bonds. The largest absolute Gasteiger partial charge is 0.449 e. The highest BCUT2D eigenvalue weighted by Crippen LogP contribution is 2.14. The first kappa shape index (κ1) is 12.0. The second-order valence-corrected chi connectivity index (χ2v) is 4.00.